The number of alkyl halides is 3. The lowest BCUT2D eigenvalue weighted by molar-refractivity contribution is -0.112. The molecule has 0 aromatic heterocycles. The van der Waals surface area contributed by atoms with E-state index in [0.717, 1.165) is 31.3 Å². The van der Waals surface area contributed by atoms with Gasteiger partial charge in [0.25, 0.3) is 5.91 Å². The fourth-order valence-corrected chi connectivity index (χ4v) is 2.89. The summed E-state index contributed by atoms with van der Waals surface area (Å²) in [7, 11) is 1.69. The molecule has 0 unspecified atom stereocenters. The molecule has 144 valence electrons. The quantitative estimate of drug-likeness (QED) is 0.827. The molecule has 2 N–H and O–H groups in total. The summed E-state index contributed by atoms with van der Waals surface area (Å²) in [6, 6.07) is 7.31. The van der Waals surface area contributed by atoms with Gasteiger partial charge in [-0.05, 0) is 17.7 Å². The lowest BCUT2D eigenvalue weighted by Gasteiger charge is -2.41. The van der Waals surface area contributed by atoms with Gasteiger partial charge in [0.15, 0.2) is 0 Å². The van der Waals surface area contributed by atoms with E-state index in [1.807, 2.05) is 12.1 Å². The third-order valence-corrected chi connectivity index (χ3v) is 4.62. The number of halogens is 3. The van der Waals surface area contributed by atoms with Crippen molar-refractivity contribution >= 4 is 17.3 Å². The molecule has 2 aliphatic rings. The van der Waals surface area contributed by atoms with Crippen LogP contribution in [0.25, 0.3) is 0 Å². The number of anilines is 1. The number of amides is 1. The summed E-state index contributed by atoms with van der Waals surface area (Å²) < 4.78 is 43.7. The van der Waals surface area contributed by atoms with Crippen molar-refractivity contribution < 1.29 is 22.7 Å². The van der Waals surface area contributed by atoms with Crippen molar-refractivity contribution in [2.45, 2.75) is 24.6 Å². The zero-order chi connectivity index (χ0) is 19.5. The van der Waals surface area contributed by atoms with Crippen LogP contribution >= 0.6 is 0 Å². The largest absolute Gasteiger partial charge is 0.429 e. The van der Waals surface area contributed by atoms with Gasteiger partial charge in [-0.15, -0.1) is 0 Å². The molecule has 2 heterocycles. The fourth-order valence-electron chi connectivity index (χ4n) is 2.89. The minimum absolute atomic E-state index is 0.0669. The Bertz CT molecular complexity index is 786. The number of ether oxygens (including phenoxy) is 1. The summed E-state index contributed by atoms with van der Waals surface area (Å²) >= 11 is 0. The minimum atomic E-state index is -4.50. The second kappa shape index (κ2) is 7.66. The molecular weight excluding hydrogens is 359 g/mol. The first-order valence-corrected chi connectivity index (χ1v) is 8.48. The number of hydrogen-bond acceptors (Lipinski definition) is 4. The summed E-state index contributed by atoms with van der Waals surface area (Å²) in [6.07, 6.45) is -0.530. The molecule has 8 heteroatoms. The number of hydrogen-bond donors (Lipinski definition) is 2. The summed E-state index contributed by atoms with van der Waals surface area (Å²) in [5.74, 6) is -0.511. The van der Waals surface area contributed by atoms with E-state index in [2.05, 4.69) is 15.6 Å². The van der Waals surface area contributed by atoms with E-state index in [4.69, 9.17) is 4.74 Å². The van der Waals surface area contributed by atoms with Crippen LogP contribution in [0.3, 0.4) is 0 Å². The van der Waals surface area contributed by atoms with Crippen molar-refractivity contribution in [1.82, 2.24) is 5.32 Å². The Hall–Kier alpha value is -2.45. The molecule has 5 nitrogen and oxygen atoms in total. The number of benzene rings is 1. The normalized spacial score (nSPS) is 18.8. The Morgan fingerprint density at radius 2 is 2.00 bits per heavy atom. The molecule has 27 heavy (non-hydrogen) atoms. The van der Waals surface area contributed by atoms with Crippen LogP contribution in [0.4, 0.5) is 18.9 Å². The van der Waals surface area contributed by atoms with Gasteiger partial charge in [-0.1, -0.05) is 24.3 Å². The maximum absolute atomic E-state index is 12.7. The molecule has 1 fully saturated rings. The number of carbonyl (C=O) groups excluding carboxylic acids is 1. The van der Waals surface area contributed by atoms with Crippen LogP contribution < -0.4 is 10.6 Å². The molecule has 1 aromatic rings. The van der Waals surface area contributed by atoms with E-state index in [0.29, 0.717) is 5.69 Å². The molecule has 0 spiro atoms. The first-order chi connectivity index (χ1) is 12.8. The maximum atomic E-state index is 12.7. The molecule has 1 amide bonds. The zero-order valence-electron chi connectivity index (χ0n) is 14.8. The third-order valence-electron chi connectivity index (χ3n) is 4.62. The lowest BCUT2D eigenvalue weighted by atomic mass is 9.89. The highest BCUT2D eigenvalue weighted by atomic mass is 19.4. The fraction of sp³-hybridized carbons (Fsp3) is 0.368. The van der Waals surface area contributed by atoms with Gasteiger partial charge >= 0.3 is 6.18 Å². The Morgan fingerprint density at radius 3 is 2.56 bits per heavy atom. The molecule has 0 atom stereocenters. The van der Waals surface area contributed by atoms with Gasteiger partial charge in [-0.25, -0.2) is 0 Å². The summed E-state index contributed by atoms with van der Waals surface area (Å²) in [5.41, 5.74) is 0.583. The summed E-state index contributed by atoms with van der Waals surface area (Å²) in [5, 5.41) is 5.86. The molecular formula is C19H20F3N3O2. The Labute approximate surface area is 155 Å². The Balaban J connectivity index is 1.64. The molecule has 1 aromatic carbocycles. The number of nitrogens with zero attached hydrogens (tertiary/aromatic N) is 1. The van der Waals surface area contributed by atoms with Crippen LogP contribution in [0, 0.1) is 0 Å². The van der Waals surface area contributed by atoms with E-state index >= 15 is 0 Å². The van der Waals surface area contributed by atoms with E-state index in [1.54, 1.807) is 19.2 Å². The monoisotopic (exact) mass is 379 g/mol. The van der Waals surface area contributed by atoms with Gasteiger partial charge in [0.1, 0.15) is 5.71 Å². The van der Waals surface area contributed by atoms with Crippen molar-refractivity contribution in [3.63, 3.8) is 0 Å². The number of rotatable bonds is 5. The second-order valence-electron chi connectivity index (χ2n) is 6.58. The molecule has 2 aliphatic heterocycles. The molecule has 0 saturated carbocycles. The van der Waals surface area contributed by atoms with Gasteiger partial charge in [-0.3, -0.25) is 9.79 Å². The second-order valence-corrected chi connectivity index (χ2v) is 6.58. The number of carbonyl (C=O) groups is 1. The van der Waals surface area contributed by atoms with Crippen molar-refractivity contribution in [2.75, 3.05) is 25.5 Å². The smallest absolute Gasteiger partial charge is 0.375 e. The minimum Gasteiger partial charge on any atom is -0.375 e. The highest BCUT2D eigenvalue weighted by molar-refractivity contribution is 6.06. The van der Waals surface area contributed by atoms with E-state index in [1.165, 1.54) is 12.2 Å². The lowest BCUT2D eigenvalue weighted by Crippen LogP contribution is -2.61. The van der Waals surface area contributed by atoms with Crippen molar-refractivity contribution in [3.05, 3.63) is 53.8 Å². The highest BCUT2D eigenvalue weighted by Gasteiger charge is 2.37. The van der Waals surface area contributed by atoms with Crippen LogP contribution in [0.15, 0.2) is 53.2 Å². The van der Waals surface area contributed by atoms with Crippen molar-refractivity contribution in [3.8, 4) is 0 Å². The predicted octanol–water partition coefficient (Wildman–Crippen LogP) is 3.00. The number of methoxy groups -OCH3 is 1. The standard InChI is InChI=1S/C19H20F3N3O2/c1-27-18(11-23-12-18)9-13-5-7-15(8-6-13)25-17(26)14-3-2-4-16(24-10-14)19(20,21)22/h2-3,5-8,10,23H,4,9,11-12H2,1H3,(H,25,26). The molecule has 3 rings (SSSR count). The van der Waals surface area contributed by atoms with E-state index in [-0.39, 0.29) is 17.6 Å². The van der Waals surface area contributed by atoms with Crippen LogP contribution in [-0.4, -0.2) is 43.6 Å². The SMILES string of the molecule is COC1(Cc2ccc(NC(=O)C3=CN=C(C(F)(F)F)CC=C3)cc2)CNC1. The average molecular weight is 379 g/mol. The average Bonchev–Trinajstić information content (AvgIpc) is 2.86. The molecule has 0 radical (unpaired) electrons. The van der Waals surface area contributed by atoms with Crippen LogP contribution in [0.5, 0.6) is 0 Å². The van der Waals surface area contributed by atoms with Crippen molar-refractivity contribution in [2.24, 2.45) is 4.99 Å². The van der Waals surface area contributed by atoms with Gasteiger partial charge in [0.05, 0.1) is 11.2 Å². The first kappa shape index (κ1) is 19.3. The molecule has 1 saturated heterocycles. The van der Waals surface area contributed by atoms with Gasteiger partial charge in [-0.2, -0.15) is 13.2 Å². The van der Waals surface area contributed by atoms with Crippen LogP contribution in [0.1, 0.15) is 12.0 Å². The number of nitrogens with one attached hydrogen (secondary N) is 2. The number of aliphatic imine (C=N–C) groups is 1. The zero-order valence-corrected chi connectivity index (χ0v) is 14.8. The van der Waals surface area contributed by atoms with Gasteiger partial charge in [0, 0.05) is 44.9 Å². The Morgan fingerprint density at radius 1 is 1.30 bits per heavy atom. The third kappa shape index (κ3) is 4.64. The first-order valence-electron chi connectivity index (χ1n) is 8.48. The maximum Gasteiger partial charge on any atom is 0.429 e. The topological polar surface area (TPSA) is 62.7 Å². The van der Waals surface area contributed by atoms with E-state index < -0.39 is 17.8 Å². The Kier molecular flexibility index (Phi) is 5.48. The van der Waals surface area contributed by atoms with Crippen molar-refractivity contribution in [1.29, 1.82) is 0 Å². The highest BCUT2D eigenvalue weighted by Crippen LogP contribution is 2.24. The summed E-state index contributed by atoms with van der Waals surface area (Å²) in [6.45, 7) is 1.59. The predicted molar refractivity (Wildman–Crippen MR) is 96.7 cm³/mol. The van der Waals surface area contributed by atoms with Gasteiger partial charge in [0.2, 0.25) is 0 Å². The van der Waals surface area contributed by atoms with Crippen LogP contribution in [0.2, 0.25) is 0 Å². The van der Waals surface area contributed by atoms with Crippen LogP contribution in [-0.2, 0) is 16.0 Å². The summed E-state index contributed by atoms with van der Waals surface area (Å²) in [4.78, 5) is 15.7. The molecule has 0 aliphatic carbocycles. The van der Waals surface area contributed by atoms with E-state index in [9.17, 15) is 18.0 Å². The molecule has 0 bridgehead atoms. The number of allylic oxidation sites excluding steroid dienone is 1. The van der Waals surface area contributed by atoms with Gasteiger partial charge < -0.3 is 15.4 Å².